The number of halogens is 2. The summed E-state index contributed by atoms with van der Waals surface area (Å²) in [4.78, 5) is 37.0. The summed E-state index contributed by atoms with van der Waals surface area (Å²) in [6.07, 6.45) is 3.63. The van der Waals surface area contributed by atoms with Gasteiger partial charge in [0, 0.05) is 45.7 Å². The number of alkyl halides is 2. The zero-order valence-corrected chi connectivity index (χ0v) is 17.1. The second-order valence-electron chi connectivity index (χ2n) is 8.48. The molecular weight excluding hydrogens is 404 g/mol. The van der Waals surface area contributed by atoms with Gasteiger partial charge in [-0.15, -0.1) is 0 Å². The topological polar surface area (TPSA) is 78.4 Å². The highest BCUT2D eigenvalue weighted by atomic mass is 19.3. The second kappa shape index (κ2) is 7.25. The van der Waals surface area contributed by atoms with Crippen molar-refractivity contribution in [3.63, 3.8) is 0 Å². The first-order valence-corrected chi connectivity index (χ1v) is 10.5. The molecule has 2 fully saturated rings. The lowest BCUT2D eigenvalue weighted by Crippen LogP contribution is -2.42. The molecule has 7 nitrogen and oxygen atoms in total. The zero-order chi connectivity index (χ0) is 21.8. The maximum absolute atomic E-state index is 13.4. The van der Waals surface area contributed by atoms with Crippen molar-refractivity contribution in [2.75, 3.05) is 31.6 Å². The van der Waals surface area contributed by atoms with Gasteiger partial charge in [0.05, 0.1) is 17.4 Å². The molecule has 1 saturated heterocycles. The normalized spacial score (nSPS) is 23.6. The summed E-state index contributed by atoms with van der Waals surface area (Å²) >= 11 is 0. The summed E-state index contributed by atoms with van der Waals surface area (Å²) in [7, 11) is 1.56. The van der Waals surface area contributed by atoms with Crippen LogP contribution >= 0.6 is 0 Å². The van der Waals surface area contributed by atoms with Crippen LogP contribution in [0.1, 0.15) is 51.6 Å². The molecule has 0 bridgehead atoms. The van der Waals surface area contributed by atoms with E-state index in [1.807, 2.05) is 12.1 Å². The Bertz CT molecular complexity index is 1030. The van der Waals surface area contributed by atoms with E-state index in [2.05, 4.69) is 20.2 Å². The van der Waals surface area contributed by atoms with Gasteiger partial charge in [-0.1, -0.05) is 0 Å². The highest BCUT2D eigenvalue weighted by Gasteiger charge is 2.46. The van der Waals surface area contributed by atoms with Gasteiger partial charge < -0.3 is 15.1 Å². The average Bonchev–Trinajstić information content (AvgIpc) is 3.57. The minimum Gasteiger partial charge on any atom is -0.354 e. The molecule has 0 spiro atoms. The summed E-state index contributed by atoms with van der Waals surface area (Å²) in [6, 6.07) is 5.40. The first kappa shape index (κ1) is 19.8. The Morgan fingerprint density at radius 3 is 2.61 bits per heavy atom. The fraction of sp³-hybridized carbons (Fsp3) is 0.455. The largest absolute Gasteiger partial charge is 0.354 e. The van der Waals surface area contributed by atoms with Crippen LogP contribution in [0.2, 0.25) is 0 Å². The first-order valence-electron chi connectivity index (χ1n) is 10.5. The maximum Gasteiger partial charge on any atom is 0.269 e. The quantitative estimate of drug-likeness (QED) is 0.815. The number of pyridine rings is 2. The third-order valence-electron chi connectivity index (χ3n) is 6.44. The predicted octanol–water partition coefficient (Wildman–Crippen LogP) is 2.96. The number of carbonyl (C=O) groups is 2. The van der Waals surface area contributed by atoms with Crippen LogP contribution in [-0.2, 0) is 0 Å². The molecule has 4 heterocycles. The number of fused-ring (bicyclic) bond motifs is 3. The van der Waals surface area contributed by atoms with Gasteiger partial charge in [-0.2, -0.15) is 0 Å². The van der Waals surface area contributed by atoms with Crippen LogP contribution in [0.4, 0.5) is 20.3 Å². The molecule has 2 atom stereocenters. The number of rotatable bonds is 3. The van der Waals surface area contributed by atoms with Crippen molar-refractivity contribution in [3.8, 4) is 0 Å². The summed E-state index contributed by atoms with van der Waals surface area (Å²) in [6.45, 7) is 0.926. The first-order chi connectivity index (χ1) is 14.9. The van der Waals surface area contributed by atoms with Crippen LogP contribution < -0.4 is 10.2 Å². The Kier molecular flexibility index (Phi) is 4.64. The van der Waals surface area contributed by atoms with Gasteiger partial charge in [0.25, 0.3) is 17.7 Å². The summed E-state index contributed by atoms with van der Waals surface area (Å²) in [5, 5.41) is 2.55. The van der Waals surface area contributed by atoms with E-state index in [1.54, 1.807) is 19.3 Å². The molecule has 2 aromatic rings. The predicted molar refractivity (Wildman–Crippen MR) is 110 cm³/mol. The molecule has 3 aliphatic rings. The molecule has 5 rings (SSSR count). The number of likely N-dealkylation sites (tertiary alicyclic amines) is 1. The number of piperidine rings is 1. The van der Waals surface area contributed by atoms with Crippen LogP contribution in [0.3, 0.4) is 0 Å². The lowest BCUT2D eigenvalue weighted by atomic mass is 10.0. The Morgan fingerprint density at radius 1 is 1.16 bits per heavy atom. The van der Waals surface area contributed by atoms with Gasteiger partial charge in [-0.25, -0.2) is 18.7 Å². The van der Waals surface area contributed by atoms with Crippen molar-refractivity contribution in [3.05, 3.63) is 47.4 Å². The minimum atomic E-state index is -2.69. The zero-order valence-electron chi connectivity index (χ0n) is 17.1. The Morgan fingerprint density at radius 2 is 1.94 bits per heavy atom. The second-order valence-corrected chi connectivity index (χ2v) is 8.48. The molecule has 2 aromatic heterocycles. The van der Waals surface area contributed by atoms with Gasteiger partial charge >= 0.3 is 0 Å². The summed E-state index contributed by atoms with van der Waals surface area (Å²) in [5.74, 6) is -1.54. The van der Waals surface area contributed by atoms with E-state index in [9.17, 15) is 18.4 Å². The number of carbonyl (C=O) groups excluding carboxylic acids is 2. The van der Waals surface area contributed by atoms with E-state index >= 15 is 0 Å². The smallest absolute Gasteiger partial charge is 0.269 e. The average molecular weight is 427 g/mol. The fourth-order valence-electron chi connectivity index (χ4n) is 4.50. The maximum atomic E-state index is 13.4. The lowest BCUT2D eigenvalue weighted by molar-refractivity contribution is -0.0494. The molecule has 0 radical (unpaired) electrons. The van der Waals surface area contributed by atoms with Gasteiger partial charge in [-0.05, 0) is 42.0 Å². The molecule has 1 saturated carbocycles. The van der Waals surface area contributed by atoms with E-state index in [0.29, 0.717) is 23.1 Å². The molecule has 31 heavy (non-hydrogen) atoms. The molecule has 2 amide bonds. The number of aromatic nitrogens is 2. The SMILES string of the molecule is CNC(=O)c1ccc(N2CC3CC3c3cc(C(=O)N4CCC(F)(F)CC4)cnc32)cn1. The Hall–Kier alpha value is -3.10. The monoisotopic (exact) mass is 427 g/mol. The Labute approximate surface area is 178 Å². The molecule has 0 aromatic carbocycles. The van der Waals surface area contributed by atoms with Crippen molar-refractivity contribution >= 4 is 23.3 Å². The van der Waals surface area contributed by atoms with E-state index < -0.39 is 5.92 Å². The fourth-order valence-corrected chi connectivity index (χ4v) is 4.50. The van der Waals surface area contributed by atoms with Crippen LogP contribution in [0.25, 0.3) is 0 Å². The third-order valence-corrected chi connectivity index (χ3v) is 6.44. The van der Waals surface area contributed by atoms with Crippen molar-refractivity contribution < 1.29 is 18.4 Å². The van der Waals surface area contributed by atoms with Crippen molar-refractivity contribution in [1.82, 2.24) is 20.2 Å². The molecule has 9 heteroatoms. The van der Waals surface area contributed by atoms with E-state index in [0.717, 1.165) is 30.0 Å². The number of nitrogens with one attached hydrogen (secondary N) is 1. The van der Waals surface area contributed by atoms with Crippen molar-refractivity contribution in [2.45, 2.75) is 31.1 Å². The van der Waals surface area contributed by atoms with E-state index in [4.69, 9.17) is 0 Å². The molecular formula is C22H23F2N5O2. The van der Waals surface area contributed by atoms with Crippen LogP contribution in [-0.4, -0.2) is 59.3 Å². The highest BCUT2D eigenvalue weighted by Crippen LogP contribution is 2.55. The van der Waals surface area contributed by atoms with E-state index in [1.165, 1.54) is 11.1 Å². The highest BCUT2D eigenvalue weighted by molar-refractivity contribution is 5.95. The number of nitrogens with zero attached hydrogens (tertiary/aromatic N) is 4. The van der Waals surface area contributed by atoms with Gasteiger partial charge in [0.15, 0.2) is 0 Å². The number of anilines is 2. The molecule has 1 aliphatic carbocycles. The van der Waals surface area contributed by atoms with Gasteiger partial charge in [0.1, 0.15) is 11.5 Å². The number of hydrogen-bond acceptors (Lipinski definition) is 5. The van der Waals surface area contributed by atoms with Crippen LogP contribution in [0.15, 0.2) is 30.6 Å². The number of hydrogen-bond donors (Lipinski definition) is 1. The molecule has 162 valence electrons. The summed E-state index contributed by atoms with van der Waals surface area (Å²) < 4.78 is 26.9. The molecule has 1 N–H and O–H groups in total. The van der Waals surface area contributed by atoms with Crippen LogP contribution in [0, 0.1) is 5.92 Å². The standard InChI is InChI=1S/C22H23F2N5O2/c1-25-20(30)18-3-2-15(11-26-18)29-12-14-9-16(14)17-8-13(10-27-19(17)29)21(31)28-6-4-22(23,24)5-7-28/h2-3,8,10-11,14,16H,4-7,9,12H2,1H3,(H,25,30). The Balaban J connectivity index is 1.40. The van der Waals surface area contributed by atoms with Gasteiger partial charge in [0.2, 0.25) is 0 Å². The minimum absolute atomic E-state index is 0.0600. The third kappa shape index (κ3) is 3.62. The van der Waals surface area contributed by atoms with Crippen LogP contribution in [0.5, 0.6) is 0 Å². The molecule has 2 aliphatic heterocycles. The van der Waals surface area contributed by atoms with Crippen molar-refractivity contribution in [1.29, 1.82) is 0 Å². The van der Waals surface area contributed by atoms with Crippen molar-refractivity contribution in [2.24, 2.45) is 5.92 Å². The number of amides is 2. The van der Waals surface area contributed by atoms with Gasteiger partial charge in [-0.3, -0.25) is 9.59 Å². The lowest BCUT2D eigenvalue weighted by Gasteiger charge is -2.32. The summed E-state index contributed by atoms with van der Waals surface area (Å²) in [5.41, 5.74) is 2.64. The van der Waals surface area contributed by atoms with E-state index in [-0.39, 0.29) is 37.7 Å². The molecule has 2 unspecified atom stereocenters.